The van der Waals surface area contributed by atoms with Crippen LogP contribution in [0.4, 0.5) is 4.79 Å². The van der Waals surface area contributed by atoms with Crippen LogP contribution in [0.5, 0.6) is 0 Å². The molecule has 1 saturated heterocycles. The molecule has 2 aromatic rings. The van der Waals surface area contributed by atoms with Crippen molar-refractivity contribution in [1.29, 1.82) is 0 Å². The number of hydrogen-bond acceptors (Lipinski definition) is 5. The Morgan fingerprint density at radius 3 is 2.17 bits per heavy atom. The fourth-order valence-electron chi connectivity index (χ4n) is 3.72. The summed E-state index contributed by atoms with van der Waals surface area (Å²) in [6, 6.07) is 15.9. The van der Waals surface area contributed by atoms with E-state index in [1.54, 1.807) is 23.1 Å². The fourth-order valence-corrected chi connectivity index (χ4v) is 4.81. The molecule has 3 rings (SSSR count). The lowest BCUT2D eigenvalue weighted by Crippen LogP contribution is -2.56. The Bertz CT molecular complexity index is 1100. The largest absolute Gasteiger partial charge is 0.378 e. The highest BCUT2D eigenvalue weighted by atomic mass is 32.2. The van der Waals surface area contributed by atoms with E-state index >= 15 is 0 Å². The molecule has 0 aromatic heterocycles. The topological polar surface area (TPSA) is 105 Å². The van der Waals surface area contributed by atoms with Crippen LogP contribution < -0.4 is 10.6 Å². The minimum atomic E-state index is -3.67. The molecule has 0 radical (unpaired) electrons. The first-order chi connectivity index (χ1) is 16.8. The van der Waals surface area contributed by atoms with Crippen LogP contribution >= 0.6 is 0 Å². The summed E-state index contributed by atoms with van der Waals surface area (Å²) < 4.78 is 30.8. The van der Waals surface area contributed by atoms with E-state index in [2.05, 4.69) is 10.6 Å². The predicted molar refractivity (Wildman–Crippen MR) is 134 cm³/mol. The molecule has 35 heavy (non-hydrogen) atoms. The van der Waals surface area contributed by atoms with Crippen molar-refractivity contribution >= 4 is 21.8 Å². The molecule has 8 nitrogen and oxygen atoms in total. The van der Waals surface area contributed by atoms with Gasteiger partial charge in [-0.3, -0.25) is 4.79 Å². The molecule has 188 valence electrons. The maximum Gasteiger partial charge on any atom is 0.318 e. The van der Waals surface area contributed by atoms with Crippen molar-refractivity contribution in [2.75, 3.05) is 26.3 Å². The molecule has 0 saturated carbocycles. The third-order valence-corrected chi connectivity index (χ3v) is 7.16. The molecular formula is C26H33N3O5S. The van der Waals surface area contributed by atoms with Crippen molar-refractivity contribution in [3.8, 4) is 0 Å². The molecule has 0 spiro atoms. The molecule has 3 amide bonds. The van der Waals surface area contributed by atoms with E-state index in [0.717, 1.165) is 11.0 Å². The average molecular weight is 500 g/mol. The molecule has 0 bridgehead atoms. The van der Waals surface area contributed by atoms with E-state index in [4.69, 9.17) is 4.74 Å². The summed E-state index contributed by atoms with van der Waals surface area (Å²) in [4.78, 5) is 27.7. The summed E-state index contributed by atoms with van der Waals surface area (Å²) in [6.07, 6.45) is 1.89. The second kappa shape index (κ2) is 12.5. The minimum Gasteiger partial charge on any atom is -0.378 e. The van der Waals surface area contributed by atoms with E-state index in [1.807, 2.05) is 44.2 Å². The highest BCUT2D eigenvalue weighted by molar-refractivity contribution is 7.94. The van der Waals surface area contributed by atoms with Gasteiger partial charge in [0.1, 0.15) is 6.04 Å². The Morgan fingerprint density at radius 1 is 0.971 bits per heavy atom. The van der Waals surface area contributed by atoms with Gasteiger partial charge >= 0.3 is 6.03 Å². The lowest BCUT2D eigenvalue weighted by Gasteiger charge is -2.30. The summed E-state index contributed by atoms with van der Waals surface area (Å²) >= 11 is 0. The average Bonchev–Trinajstić information content (AvgIpc) is 2.87. The van der Waals surface area contributed by atoms with Crippen LogP contribution in [0.25, 0.3) is 0 Å². The number of hydrogen-bond donors (Lipinski definition) is 2. The van der Waals surface area contributed by atoms with Crippen molar-refractivity contribution in [3.63, 3.8) is 0 Å². The first-order valence-corrected chi connectivity index (χ1v) is 13.3. The number of urea groups is 1. The molecule has 2 atom stereocenters. The molecule has 1 aliphatic rings. The molecule has 2 N–H and O–H groups in total. The number of morpholine rings is 1. The Hall–Kier alpha value is -3.17. The van der Waals surface area contributed by atoms with E-state index < -0.39 is 21.9 Å². The number of benzene rings is 2. The van der Waals surface area contributed by atoms with Crippen LogP contribution in [0.1, 0.15) is 19.4 Å². The Kier molecular flexibility index (Phi) is 9.45. The maximum absolute atomic E-state index is 13.2. The molecule has 2 aromatic carbocycles. The van der Waals surface area contributed by atoms with E-state index in [0.29, 0.717) is 32.7 Å². The van der Waals surface area contributed by atoms with Crippen LogP contribution in [-0.4, -0.2) is 63.6 Å². The Labute approximate surface area is 207 Å². The van der Waals surface area contributed by atoms with Crippen LogP contribution in [-0.2, 0) is 25.8 Å². The van der Waals surface area contributed by atoms with E-state index in [1.165, 1.54) is 18.2 Å². The third kappa shape index (κ3) is 7.93. The van der Waals surface area contributed by atoms with Crippen molar-refractivity contribution < 1.29 is 22.7 Å². The number of sulfone groups is 1. The van der Waals surface area contributed by atoms with Gasteiger partial charge in [-0.05, 0) is 30.0 Å². The lowest BCUT2D eigenvalue weighted by molar-refractivity contribution is -0.124. The van der Waals surface area contributed by atoms with Gasteiger partial charge in [0.25, 0.3) is 0 Å². The number of carbonyl (C=O) groups excluding carboxylic acids is 2. The zero-order chi connectivity index (χ0) is 25.3. The SMILES string of the molecule is CC(C)C(NC(=O)N1CCOCC1)C(=O)N[C@H](/C=C/S(=O)(=O)c1ccccc1)Cc1ccccc1. The van der Waals surface area contributed by atoms with Gasteiger partial charge in [-0.25, -0.2) is 13.2 Å². The molecular weight excluding hydrogens is 466 g/mol. The van der Waals surface area contributed by atoms with Crippen LogP contribution in [0, 0.1) is 5.92 Å². The molecule has 9 heteroatoms. The van der Waals surface area contributed by atoms with Gasteiger partial charge < -0.3 is 20.3 Å². The maximum atomic E-state index is 13.2. The number of nitrogens with one attached hydrogen (secondary N) is 2. The van der Waals surface area contributed by atoms with Crippen LogP contribution in [0.2, 0.25) is 0 Å². The summed E-state index contributed by atoms with van der Waals surface area (Å²) in [5.74, 6) is -0.543. The first kappa shape index (κ1) is 26.4. The zero-order valence-corrected chi connectivity index (χ0v) is 20.9. The molecule has 1 fully saturated rings. The fraction of sp³-hybridized carbons (Fsp3) is 0.385. The predicted octanol–water partition coefficient (Wildman–Crippen LogP) is 2.77. The van der Waals surface area contributed by atoms with Gasteiger partial charge in [0.05, 0.1) is 24.2 Å². The van der Waals surface area contributed by atoms with E-state index in [9.17, 15) is 18.0 Å². The number of amides is 3. The third-order valence-electron chi connectivity index (χ3n) is 5.71. The van der Waals surface area contributed by atoms with Gasteiger partial charge in [-0.2, -0.15) is 0 Å². The minimum absolute atomic E-state index is 0.172. The second-order valence-electron chi connectivity index (χ2n) is 8.76. The normalized spacial score (nSPS) is 16.1. The van der Waals surface area contributed by atoms with Crippen molar-refractivity contribution in [3.05, 3.63) is 77.7 Å². The second-order valence-corrected chi connectivity index (χ2v) is 10.6. The van der Waals surface area contributed by atoms with Gasteiger partial charge in [-0.1, -0.05) is 68.5 Å². The smallest absolute Gasteiger partial charge is 0.318 e. The van der Waals surface area contributed by atoms with Crippen LogP contribution in [0.3, 0.4) is 0 Å². The van der Waals surface area contributed by atoms with Gasteiger partial charge in [0.15, 0.2) is 9.84 Å². The lowest BCUT2D eigenvalue weighted by atomic mass is 10.0. The first-order valence-electron chi connectivity index (χ1n) is 11.7. The standard InChI is InChI=1S/C26H33N3O5S/c1-20(2)24(28-26(31)29-14-16-34-17-15-29)25(30)27-22(19-21-9-5-3-6-10-21)13-18-35(32,33)23-11-7-4-8-12-23/h3-13,18,20,22,24H,14-17,19H2,1-2H3,(H,27,30)(H,28,31)/b18-13+/t22-,24?/m1/s1. The monoisotopic (exact) mass is 499 g/mol. The number of carbonyl (C=O) groups is 2. The number of rotatable bonds is 9. The van der Waals surface area contributed by atoms with Gasteiger partial charge in [-0.15, -0.1) is 0 Å². The number of nitrogens with zero attached hydrogens (tertiary/aromatic N) is 1. The summed E-state index contributed by atoms with van der Waals surface area (Å²) in [6.45, 7) is 5.57. The summed E-state index contributed by atoms with van der Waals surface area (Å²) in [7, 11) is -3.67. The van der Waals surface area contributed by atoms with E-state index in [-0.39, 0.29) is 22.8 Å². The van der Waals surface area contributed by atoms with Gasteiger partial charge in [0.2, 0.25) is 5.91 Å². The molecule has 1 heterocycles. The molecule has 1 unspecified atom stereocenters. The van der Waals surface area contributed by atoms with Crippen molar-refractivity contribution in [1.82, 2.24) is 15.5 Å². The van der Waals surface area contributed by atoms with Gasteiger partial charge in [0, 0.05) is 18.5 Å². The zero-order valence-electron chi connectivity index (χ0n) is 20.1. The summed E-state index contributed by atoms with van der Waals surface area (Å²) in [5.41, 5.74) is 0.943. The number of ether oxygens (including phenoxy) is 1. The highest BCUT2D eigenvalue weighted by Crippen LogP contribution is 2.13. The highest BCUT2D eigenvalue weighted by Gasteiger charge is 2.28. The van der Waals surface area contributed by atoms with Crippen molar-refractivity contribution in [2.24, 2.45) is 5.92 Å². The Balaban J connectivity index is 1.76. The molecule has 0 aliphatic carbocycles. The molecule has 1 aliphatic heterocycles. The summed E-state index contributed by atoms with van der Waals surface area (Å²) in [5, 5.41) is 6.89. The quantitative estimate of drug-likeness (QED) is 0.552. The Morgan fingerprint density at radius 2 is 1.57 bits per heavy atom. The van der Waals surface area contributed by atoms with Crippen molar-refractivity contribution in [2.45, 2.75) is 37.2 Å². The van der Waals surface area contributed by atoms with Crippen LogP contribution in [0.15, 0.2) is 77.0 Å².